The van der Waals surface area contributed by atoms with E-state index < -0.39 is 5.54 Å². The Morgan fingerprint density at radius 1 is 1.42 bits per heavy atom. The van der Waals surface area contributed by atoms with Gasteiger partial charge in [0.25, 0.3) is 0 Å². The van der Waals surface area contributed by atoms with Crippen molar-refractivity contribution in [1.82, 2.24) is 14.9 Å². The molecule has 5 nitrogen and oxygen atoms in total. The molecule has 0 radical (unpaired) electrons. The van der Waals surface area contributed by atoms with Gasteiger partial charge >= 0.3 is 0 Å². The molecule has 1 aromatic heterocycles. The van der Waals surface area contributed by atoms with E-state index in [1.54, 1.807) is 35.4 Å². The van der Waals surface area contributed by atoms with Crippen molar-refractivity contribution in [3.63, 3.8) is 0 Å². The molecule has 1 amide bonds. The maximum Gasteiger partial charge on any atom is 0.225 e. The Balaban J connectivity index is 0.00000169. The Morgan fingerprint density at radius 2 is 2.19 bits per heavy atom. The molecule has 0 spiro atoms. The second kappa shape index (κ2) is 9.35. The molecule has 0 bridgehead atoms. The monoisotopic (exact) mass is 402 g/mol. The summed E-state index contributed by atoms with van der Waals surface area (Å²) in [7, 11) is 0. The fraction of sp³-hybridized carbons (Fsp3) is 0.444. The summed E-state index contributed by atoms with van der Waals surface area (Å²) in [4.78, 5) is 16.3. The van der Waals surface area contributed by atoms with Crippen LogP contribution in [0.25, 0.3) is 5.69 Å². The molecule has 1 aromatic carbocycles. The lowest BCUT2D eigenvalue weighted by Gasteiger charge is -2.37. The van der Waals surface area contributed by atoms with Crippen molar-refractivity contribution in [2.45, 2.75) is 44.7 Å². The van der Waals surface area contributed by atoms with E-state index in [2.05, 4.69) is 10.3 Å². The van der Waals surface area contributed by atoms with E-state index in [4.69, 9.17) is 5.73 Å². The number of nitrogens with one attached hydrogen (secondary N) is 1. The maximum absolute atomic E-state index is 14.2. The Kier molecular flexibility index (Phi) is 8.06. The zero-order valence-corrected chi connectivity index (χ0v) is 16.3. The molecule has 8 heteroatoms. The zero-order valence-electron chi connectivity index (χ0n) is 14.7. The Bertz CT molecular complexity index is 722. The van der Waals surface area contributed by atoms with Gasteiger partial charge in [0, 0.05) is 24.5 Å². The van der Waals surface area contributed by atoms with E-state index in [9.17, 15) is 9.18 Å². The molecule has 0 saturated heterocycles. The maximum atomic E-state index is 14.2. The van der Waals surface area contributed by atoms with Crippen LogP contribution in [0.15, 0.2) is 36.9 Å². The summed E-state index contributed by atoms with van der Waals surface area (Å²) in [5.41, 5.74) is 6.96. The summed E-state index contributed by atoms with van der Waals surface area (Å²) in [5.74, 6) is -0.568. The average Bonchev–Trinajstić information content (AvgIpc) is 3.06. The predicted molar refractivity (Wildman–Crippen MR) is 104 cm³/mol. The standard InChI is InChI=1S/C18H23FN4O.2ClH/c1-18(20)7-3-2-4-14(18)17(24)22-11-13-5-6-16(15(19)10-13)23-9-8-21-12-23;;/h5-6,8-10,12,14H,2-4,7,11,20H2,1H3,(H,22,24);2*1H. The largest absolute Gasteiger partial charge is 0.352 e. The first kappa shape index (κ1) is 22.4. The van der Waals surface area contributed by atoms with Crippen LogP contribution in [0.5, 0.6) is 0 Å². The normalized spacial score (nSPS) is 22.0. The molecular weight excluding hydrogens is 378 g/mol. The number of hydrogen-bond acceptors (Lipinski definition) is 3. The summed E-state index contributed by atoms with van der Waals surface area (Å²) >= 11 is 0. The highest BCUT2D eigenvalue weighted by Crippen LogP contribution is 2.31. The fourth-order valence-electron chi connectivity index (χ4n) is 3.37. The Hall–Kier alpha value is -1.63. The van der Waals surface area contributed by atoms with E-state index in [-0.39, 0.29) is 42.5 Å². The third-order valence-electron chi connectivity index (χ3n) is 4.83. The lowest BCUT2D eigenvalue weighted by molar-refractivity contribution is -0.128. The number of nitrogens with zero attached hydrogens (tertiary/aromatic N) is 2. The second-order valence-corrected chi connectivity index (χ2v) is 6.78. The van der Waals surface area contributed by atoms with Crippen LogP contribution in [0.3, 0.4) is 0 Å². The van der Waals surface area contributed by atoms with Gasteiger partial charge in [0.15, 0.2) is 0 Å². The van der Waals surface area contributed by atoms with Gasteiger partial charge in [-0.25, -0.2) is 9.37 Å². The van der Waals surface area contributed by atoms with Gasteiger partial charge in [-0.05, 0) is 37.5 Å². The number of rotatable bonds is 4. The van der Waals surface area contributed by atoms with Gasteiger partial charge in [-0.15, -0.1) is 24.8 Å². The summed E-state index contributed by atoms with van der Waals surface area (Å²) in [6.07, 6.45) is 8.60. The lowest BCUT2D eigenvalue weighted by Crippen LogP contribution is -2.52. The van der Waals surface area contributed by atoms with E-state index in [1.165, 1.54) is 6.07 Å². The van der Waals surface area contributed by atoms with Gasteiger partial charge in [0.05, 0.1) is 17.9 Å². The smallest absolute Gasteiger partial charge is 0.225 e. The Morgan fingerprint density at radius 3 is 2.81 bits per heavy atom. The van der Waals surface area contributed by atoms with Crippen molar-refractivity contribution in [2.24, 2.45) is 11.7 Å². The molecule has 1 saturated carbocycles. The number of aromatic nitrogens is 2. The molecular formula is C18H25Cl2FN4O. The molecule has 3 N–H and O–H groups in total. The van der Waals surface area contributed by atoms with Gasteiger partial charge in [-0.3, -0.25) is 4.79 Å². The van der Waals surface area contributed by atoms with Crippen LogP contribution in [0.4, 0.5) is 4.39 Å². The summed E-state index contributed by atoms with van der Waals surface area (Å²) < 4.78 is 15.8. The van der Waals surface area contributed by atoms with Gasteiger partial charge in [-0.2, -0.15) is 0 Å². The molecule has 3 rings (SSSR count). The topological polar surface area (TPSA) is 72.9 Å². The summed E-state index contributed by atoms with van der Waals surface area (Å²) in [6, 6.07) is 4.94. The summed E-state index contributed by atoms with van der Waals surface area (Å²) in [5, 5.41) is 2.90. The fourth-order valence-corrected chi connectivity index (χ4v) is 3.37. The minimum absolute atomic E-state index is 0. The number of hydrogen-bond donors (Lipinski definition) is 2. The second-order valence-electron chi connectivity index (χ2n) is 6.78. The van der Waals surface area contributed by atoms with Crippen molar-refractivity contribution in [3.8, 4) is 5.69 Å². The molecule has 2 aromatic rings. The first-order chi connectivity index (χ1) is 11.5. The quantitative estimate of drug-likeness (QED) is 0.822. The molecule has 26 heavy (non-hydrogen) atoms. The highest BCUT2D eigenvalue weighted by atomic mass is 35.5. The number of imidazole rings is 1. The third kappa shape index (κ3) is 4.96. The van der Waals surface area contributed by atoms with Gasteiger partial charge in [-0.1, -0.05) is 18.9 Å². The van der Waals surface area contributed by atoms with Crippen LogP contribution < -0.4 is 11.1 Å². The zero-order chi connectivity index (χ0) is 17.2. The van der Waals surface area contributed by atoms with E-state index in [1.807, 2.05) is 6.92 Å². The van der Waals surface area contributed by atoms with Crippen molar-refractivity contribution in [2.75, 3.05) is 0 Å². The van der Waals surface area contributed by atoms with Crippen LogP contribution in [-0.2, 0) is 11.3 Å². The van der Waals surface area contributed by atoms with Crippen LogP contribution in [0.2, 0.25) is 0 Å². The van der Waals surface area contributed by atoms with Crippen molar-refractivity contribution < 1.29 is 9.18 Å². The summed E-state index contributed by atoms with van der Waals surface area (Å²) in [6.45, 7) is 2.24. The van der Waals surface area contributed by atoms with Crippen LogP contribution >= 0.6 is 24.8 Å². The Labute approximate surface area is 165 Å². The molecule has 1 fully saturated rings. The predicted octanol–water partition coefficient (Wildman–Crippen LogP) is 3.38. The highest BCUT2D eigenvalue weighted by molar-refractivity contribution is 5.85. The molecule has 0 aliphatic heterocycles. The molecule has 2 unspecified atom stereocenters. The molecule has 144 valence electrons. The van der Waals surface area contributed by atoms with Gasteiger partial charge < -0.3 is 15.6 Å². The van der Waals surface area contributed by atoms with Crippen molar-refractivity contribution in [3.05, 3.63) is 48.3 Å². The first-order valence-corrected chi connectivity index (χ1v) is 8.31. The number of carbonyl (C=O) groups is 1. The minimum atomic E-state index is -0.459. The number of carbonyl (C=O) groups excluding carboxylic acids is 1. The van der Waals surface area contributed by atoms with E-state index in [0.717, 1.165) is 31.2 Å². The first-order valence-electron chi connectivity index (χ1n) is 8.31. The minimum Gasteiger partial charge on any atom is -0.352 e. The molecule has 1 heterocycles. The lowest BCUT2D eigenvalue weighted by atomic mass is 9.74. The van der Waals surface area contributed by atoms with Crippen molar-refractivity contribution >= 4 is 30.7 Å². The van der Waals surface area contributed by atoms with E-state index >= 15 is 0 Å². The van der Waals surface area contributed by atoms with E-state index in [0.29, 0.717) is 12.2 Å². The average molecular weight is 403 g/mol. The van der Waals surface area contributed by atoms with Gasteiger partial charge in [0.1, 0.15) is 5.82 Å². The number of nitrogens with two attached hydrogens (primary N) is 1. The molecule has 2 atom stereocenters. The third-order valence-corrected chi connectivity index (χ3v) is 4.83. The van der Waals surface area contributed by atoms with Crippen LogP contribution in [0, 0.1) is 11.7 Å². The number of benzene rings is 1. The van der Waals surface area contributed by atoms with Crippen molar-refractivity contribution in [1.29, 1.82) is 0 Å². The SMILES string of the molecule is CC1(N)CCCCC1C(=O)NCc1ccc(-n2ccnc2)c(F)c1.Cl.Cl. The number of halogens is 3. The highest BCUT2D eigenvalue weighted by Gasteiger charge is 2.37. The molecule has 1 aliphatic carbocycles. The molecule has 1 aliphatic rings. The van der Waals surface area contributed by atoms with Crippen LogP contribution in [-0.4, -0.2) is 21.0 Å². The van der Waals surface area contributed by atoms with Gasteiger partial charge in [0.2, 0.25) is 5.91 Å². The number of amides is 1. The van der Waals surface area contributed by atoms with Crippen LogP contribution in [0.1, 0.15) is 38.2 Å².